The number of hydrogen-bond donors (Lipinski definition) is 2. The number of rotatable bonds is 6. The Bertz CT molecular complexity index is 881. The number of carbonyl (C=O) groups is 3. The maximum Gasteiger partial charge on any atom is 0.355 e. The van der Waals surface area contributed by atoms with E-state index < -0.39 is 24.4 Å². The molecule has 1 aromatic heterocycles. The van der Waals surface area contributed by atoms with Gasteiger partial charge >= 0.3 is 5.97 Å². The molecule has 0 atom stereocenters. The van der Waals surface area contributed by atoms with E-state index in [9.17, 15) is 14.4 Å². The van der Waals surface area contributed by atoms with Crippen molar-refractivity contribution in [1.82, 2.24) is 5.32 Å². The van der Waals surface area contributed by atoms with Crippen LogP contribution in [0.5, 0.6) is 0 Å². The minimum Gasteiger partial charge on any atom is -0.451 e. The number of ether oxygens (including phenoxy) is 1. The molecule has 0 aliphatic rings. The summed E-state index contributed by atoms with van der Waals surface area (Å²) in [6, 6.07) is 12.4. The second-order valence-electron chi connectivity index (χ2n) is 5.05. The van der Waals surface area contributed by atoms with E-state index in [1.165, 1.54) is 24.3 Å². The van der Waals surface area contributed by atoms with Gasteiger partial charge in [-0.25, -0.2) is 4.79 Å². The first kappa shape index (κ1) is 18.9. The molecular formula is C18H15N3O4S. The van der Waals surface area contributed by atoms with Gasteiger partial charge in [-0.1, -0.05) is 30.3 Å². The summed E-state index contributed by atoms with van der Waals surface area (Å²) in [6.07, 6.45) is 1.45. The number of nitrogens with zero attached hydrogens (tertiary/aromatic N) is 1. The normalized spacial score (nSPS) is 10.5. The van der Waals surface area contributed by atoms with Crippen molar-refractivity contribution in [2.24, 2.45) is 0 Å². The number of nitrogens with one attached hydrogen (secondary N) is 2. The van der Waals surface area contributed by atoms with Gasteiger partial charge in [0.05, 0.1) is 5.56 Å². The molecule has 0 saturated carbocycles. The van der Waals surface area contributed by atoms with E-state index in [4.69, 9.17) is 10.00 Å². The Kier molecular flexibility index (Phi) is 6.65. The second-order valence-corrected chi connectivity index (χ2v) is 5.97. The van der Waals surface area contributed by atoms with Crippen LogP contribution in [0.1, 0.15) is 18.1 Å². The summed E-state index contributed by atoms with van der Waals surface area (Å²) in [5.74, 6) is -1.86. The van der Waals surface area contributed by atoms with Gasteiger partial charge in [0.15, 0.2) is 6.61 Å². The molecule has 0 spiro atoms. The maximum absolute atomic E-state index is 12.2. The Morgan fingerprint density at radius 2 is 1.96 bits per heavy atom. The topological polar surface area (TPSA) is 108 Å². The predicted molar refractivity (Wildman–Crippen MR) is 96.9 cm³/mol. The van der Waals surface area contributed by atoms with Crippen molar-refractivity contribution >= 4 is 40.2 Å². The van der Waals surface area contributed by atoms with E-state index in [-0.39, 0.29) is 5.70 Å². The van der Waals surface area contributed by atoms with Gasteiger partial charge in [0.1, 0.15) is 16.8 Å². The van der Waals surface area contributed by atoms with Gasteiger partial charge in [-0.3, -0.25) is 9.59 Å². The van der Waals surface area contributed by atoms with Crippen molar-refractivity contribution in [3.05, 3.63) is 58.6 Å². The van der Waals surface area contributed by atoms with Gasteiger partial charge in [0.2, 0.25) is 5.91 Å². The zero-order valence-electron chi connectivity index (χ0n) is 13.8. The van der Waals surface area contributed by atoms with Gasteiger partial charge in [-0.2, -0.15) is 5.26 Å². The molecule has 0 radical (unpaired) electrons. The third-order valence-corrected chi connectivity index (χ3v) is 3.84. The van der Waals surface area contributed by atoms with E-state index in [2.05, 4.69) is 10.6 Å². The van der Waals surface area contributed by atoms with Gasteiger partial charge in [0, 0.05) is 6.92 Å². The molecule has 0 bridgehead atoms. The summed E-state index contributed by atoms with van der Waals surface area (Å²) in [6.45, 7) is 0.715. The van der Waals surface area contributed by atoms with Crippen molar-refractivity contribution in [3.8, 4) is 6.07 Å². The molecule has 0 saturated heterocycles. The van der Waals surface area contributed by atoms with Gasteiger partial charge in [-0.15, -0.1) is 11.3 Å². The number of benzene rings is 1. The minimum atomic E-state index is -0.842. The van der Waals surface area contributed by atoms with Crippen LogP contribution < -0.4 is 10.6 Å². The maximum atomic E-state index is 12.2. The second kappa shape index (κ2) is 9.15. The largest absolute Gasteiger partial charge is 0.451 e. The van der Waals surface area contributed by atoms with Crippen LogP contribution in [0.3, 0.4) is 0 Å². The lowest BCUT2D eigenvalue weighted by atomic mass is 10.2. The van der Waals surface area contributed by atoms with Crippen molar-refractivity contribution in [1.29, 1.82) is 5.26 Å². The monoisotopic (exact) mass is 369 g/mol. The molecule has 8 heteroatoms. The zero-order valence-corrected chi connectivity index (χ0v) is 14.6. The summed E-state index contributed by atoms with van der Waals surface area (Å²) in [5.41, 5.74) is 0.942. The standard InChI is InChI=1S/C18H15N3O4S/c1-12(22)20-15(9-13-5-3-2-4-6-13)18(24)25-11-16(23)21-17-14(10-19)7-8-26-17/h2-9H,11H2,1H3,(H,20,22)(H,21,23)/b15-9-. The number of nitriles is 1. The Labute approximate surface area is 153 Å². The number of carbonyl (C=O) groups excluding carboxylic acids is 3. The molecule has 0 aliphatic heterocycles. The lowest BCUT2D eigenvalue weighted by Gasteiger charge is -2.09. The number of amides is 2. The fraction of sp³-hybridized carbons (Fsp3) is 0.111. The van der Waals surface area contributed by atoms with Crippen LogP contribution in [-0.4, -0.2) is 24.4 Å². The number of hydrogen-bond acceptors (Lipinski definition) is 6. The molecule has 0 aliphatic carbocycles. The van der Waals surface area contributed by atoms with Crippen molar-refractivity contribution < 1.29 is 19.1 Å². The summed E-state index contributed by atoms with van der Waals surface area (Å²) >= 11 is 1.19. The minimum absolute atomic E-state index is 0.0784. The van der Waals surface area contributed by atoms with Crippen LogP contribution in [0.4, 0.5) is 5.00 Å². The lowest BCUT2D eigenvalue weighted by molar-refractivity contribution is -0.144. The number of anilines is 1. The number of thiophene rings is 1. The van der Waals surface area contributed by atoms with Crippen LogP contribution in [0, 0.1) is 11.3 Å². The van der Waals surface area contributed by atoms with Crippen LogP contribution in [0.15, 0.2) is 47.5 Å². The first-order valence-corrected chi connectivity index (χ1v) is 8.36. The van der Waals surface area contributed by atoms with Crippen molar-refractivity contribution in [3.63, 3.8) is 0 Å². The van der Waals surface area contributed by atoms with E-state index in [1.807, 2.05) is 12.1 Å². The van der Waals surface area contributed by atoms with E-state index >= 15 is 0 Å². The van der Waals surface area contributed by atoms with Crippen LogP contribution in [0.25, 0.3) is 6.08 Å². The summed E-state index contributed by atoms with van der Waals surface area (Å²) in [5, 5.41) is 15.8. The van der Waals surface area contributed by atoms with Gasteiger partial charge < -0.3 is 15.4 Å². The molecule has 26 heavy (non-hydrogen) atoms. The predicted octanol–water partition coefficient (Wildman–Crippen LogP) is 2.28. The Morgan fingerprint density at radius 3 is 2.62 bits per heavy atom. The van der Waals surface area contributed by atoms with E-state index in [0.717, 1.165) is 0 Å². The van der Waals surface area contributed by atoms with E-state index in [1.54, 1.807) is 35.7 Å². The molecule has 2 aromatic rings. The number of esters is 1. The molecule has 1 aromatic carbocycles. The highest BCUT2D eigenvalue weighted by molar-refractivity contribution is 7.14. The lowest BCUT2D eigenvalue weighted by Crippen LogP contribution is -2.28. The van der Waals surface area contributed by atoms with Crippen LogP contribution >= 0.6 is 11.3 Å². The third-order valence-electron chi connectivity index (χ3n) is 3.01. The molecule has 0 fully saturated rings. The molecule has 7 nitrogen and oxygen atoms in total. The molecule has 132 valence electrons. The fourth-order valence-corrected chi connectivity index (χ4v) is 2.67. The Hall–Kier alpha value is -3.44. The SMILES string of the molecule is CC(=O)N/C(=C\c1ccccc1)C(=O)OCC(=O)Nc1sccc1C#N. The van der Waals surface area contributed by atoms with Crippen LogP contribution in [-0.2, 0) is 19.1 Å². The zero-order chi connectivity index (χ0) is 18.9. The highest BCUT2D eigenvalue weighted by Crippen LogP contribution is 2.21. The summed E-state index contributed by atoms with van der Waals surface area (Å²) < 4.78 is 4.95. The highest BCUT2D eigenvalue weighted by Gasteiger charge is 2.16. The summed E-state index contributed by atoms with van der Waals surface area (Å²) in [7, 11) is 0. The molecule has 2 N–H and O–H groups in total. The third kappa shape index (κ3) is 5.58. The van der Waals surface area contributed by atoms with Gasteiger partial charge in [0.25, 0.3) is 5.91 Å². The molecule has 2 rings (SSSR count). The van der Waals surface area contributed by atoms with Crippen molar-refractivity contribution in [2.45, 2.75) is 6.92 Å². The van der Waals surface area contributed by atoms with Crippen LogP contribution in [0.2, 0.25) is 0 Å². The molecule has 1 heterocycles. The smallest absolute Gasteiger partial charge is 0.355 e. The highest BCUT2D eigenvalue weighted by atomic mass is 32.1. The molecule has 2 amide bonds. The quantitative estimate of drug-likeness (QED) is 0.600. The average molecular weight is 369 g/mol. The van der Waals surface area contributed by atoms with E-state index in [0.29, 0.717) is 16.1 Å². The first-order valence-electron chi connectivity index (χ1n) is 7.48. The Balaban J connectivity index is 2.01. The van der Waals surface area contributed by atoms with Crippen molar-refractivity contribution in [2.75, 3.05) is 11.9 Å². The average Bonchev–Trinajstić information content (AvgIpc) is 3.06. The van der Waals surface area contributed by atoms with Gasteiger partial charge in [-0.05, 0) is 23.1 Å². The molecule has 0 unspecified atom stereocenters. The molecular weight excluding hydrogens is 354 g/mol. The fourth-order valence-electron chi connectivity index (χ4n) is 1.92. The Morgan fingerprint density at radius 1 is 1.23 bits per heavy atom. The first-order chi connectivity index (χ1) is 12.5. The summed E-state index contributed by atoms with van der Waals surface area (Å²) in [4.78, 5) is 35.4.